The Balaban J connectivity index is 1.89. The molecule has 7 nitrogen and oxygen atoms in total. The number of rotatable bonds is 3. The van der Waals surface area contributed by atoms with Crippen LogP contribution in [0.3, 0.4) is 0 Å². The van der Waals surface area contributed by atoms with Crippen molar-refractivity contribution in [3.05, 3.63) is 65.2 Å². The number of halogens is 2. The average molecular weight is 369 g/mol. The van der Waals surface area contributed by atoms with Gasteiger partial charge in [-0.3, -0.25) is 4.98 Å². The summed E-state index contributed by atoms with van der Waals surface area (Å²) in [7, 11) is 1.23. The number of esters is 1. The van der Waals surface area contributed by atoms with Crippen molar-refractivity contribution in [2.24, 2.45) is 0 Å². The number of fused-ring (bicyclic) bond motifs is 2. The Bertz CT molecular complexity index is 1190. The zero-order valence-corrected chi connectivity index (χ0v) is 14.3. The quantitative estimate of drug-likeness (QED) is 0.517. The van der Waals surface area contributed by atoms with Crippen LogP contribution < -0.4 is 0 Å². The lowest BCUT2D eigenvalue weighted by Crippen LogP contribution is -2.12. The van der Waals surface area contributed by atoms with Crippen molar-refractivity contribution in [2.45, 2.75) is 12.8 Å². The molecule has 0 saturated heterocycles. The molecule has 136 valence electrons. The van der Waals surface area contributed by atoms with Gasteiger partial charge in [0.2, 0.25) is 0 Å². The third-order valence-corrected chi connectivity index (χ3v) is 4.33. The fraction of sp³-hybridized carbons (Fsp3) is 0.167. The lowest BCUT2D eigenvalue weighted by atomic mass is 9.97. The summed E-state index contributed by atoms with van der Waals surface area (Å²) in [5.74, 6) is -2.72. The minimum atomic E-state index is -0.815. The number of carbonyl (C=O) groups is 1. The Labute approximate surface area is 151 Å². The summed E-state index contributed by atoms with van der Waals surface area (Å²) in [5.41, 5.74) is 0.422. The number of carbonyl (C=O) groups excluding carboxylic acids is 1. The zero-order valence-electron chi connectivity index (χ0n) is 14.3. The van der Waals surface area contributed by atoms with Crippen molar-refractivity contribution >= 4 is 22.5 Å². The van der Waals surface area contributed by atoms with Crippen molar-refractivity contribution in [1.82, 2.24) is 24.8 Å². The summed E-state index contributed by atoms with van der Waals surface area (Å²) >= 11 is 0. The molecule has 0 bridgehead atoms. The van der Waals surface area contributed by atoms with Crippen LogP contribution in [0.1, 0.15) is 34.7 Å². The number of nitrogens with zero attached hydrogens (tertiary/aromatic N) is 5. The van der Waals surface area contributed by atoms with Gasteiger partial charge in [0.25, 0.3) is 0 Å². The van der Waals surface area contributed by atoms with Crippen molar-refractivity contribution < 1.29 is 18.3 Å². The van der Waals surface area contributed by atoms with Crippen LogP contribution in [0.2, 0.25) is 0 Å². The number of ether oxygens (including phenoxy) is 1. The Kier molecular flexibility index (Phi) is 3.98. The number of pyridine rings is 1. The molecule has 4 aromatic rings. The van der Waals surface area contributed by atoms with Gasteiger partial charge in [-0.25, -0.2) is 13.6 Å². The molecule has 0 fully saturated rings. The van der Waals surface area contributed by atoms with Gasteiger partial charge in [-0.05, 0) is 24.3 Å². The molecule has 0 aliphatic carbocycles. The van der Waals surface area contributed by atoms with Crippen LogP contribution in [0.4, 0.5) is 8.78 Å². The molecule has 0 aliphatic heterocycles. The van der Waals surface area contributed by atoms with Gasteiger partial charge in [0.1, 0.15) is 11.6 Å². The first kappa shape index (κ1) is 17.0. The van der Waals surface area contributed by atoms with E-state index in [4.69, 9.17) is 0 Å². The normalized spacial score (nSPS) is 12.4. The number of methoxy groups -OCH3 is 1. The molecule has 1 aromatic carbocycles. The first-order valence-corrected chi connectivity index (χ1v) is 8.04. The summed E-state index contributed by atoms with van der Waals surface area (Å²) in [4.78, 5) is 15.7. The third kappa shape index (κ3) is 2.67. The smallest absolute Gasteiger partial charge is 0.358 e. The van der Waals surface area contributed by atoms with Crippen LogP contribution in [0, 0.1) is 11.6 Å². The molecule has 1 unspecified atom stereocenters. The van der Waals surface area contributed by atoms with Gasteiger partial charge < -0.3 is 4.74 Å². The van der Waals surface area contributed by atoms with E-state index in [1.54, 1.807) is 13.0 Å². The highest BCUT2D eigenvalue weighted by atomic mass is 19.1. The molecule has 3 heterocycles. The van der Waals surface area contributed by atoms with E-state index in [9.17, 15) is 9.18 Å². The average Bonchev–Trinajstić information content (AvgIpc) is 3.10. The van der Waals surface area contributed by atoms with E-state index in [1.807, 2.05) is 0 Å². The lowest BCUT2D eigenvalue weighted by Gasteiger charge is -2.14. The Hall–Kier alpha value is -3.49. The molecule has 0 spiro atoms. The maximum atomic E-state index is 15.0. The fourth-order valence-corrected chi connectivity index (χ4v) is 2.98. The molecule has 9 heteroatoms. The second kappa shape index (κ2) is 6.35. The summed E-state index contributed by atoms with van der Waals surface area (Å²) in [6.45, 7) is 1.59. The van der Waals surface area contributed by atoms with Gasteiger partial charge >= 0.3 is 5.97 Å². The maximum Gasteiger partial charge on any atom is 0.358 e. The number of aromatic nitrogens is 5. The Morgan fingerprint density at radius 2 is 2.04 bits per heavy atom. The van der Waals surface area contributed by atoms with Crippen LogP contribution >= 0.6 is 0 Å². The highest BCUT2D eigenvalue weighted by Gasteiger charge is 2.25. The van der Waals surface area contributed by atoms with Crippen LogP contribution in [0.5, 0.6) is 0 Å². The molecule has 1 atom stereocenters. The molecule has 0 N–H and O–H groups in total. The van der Waals surface area contributed by atoms with E-state index >= 15 is 4.39 Å². The van der Waals surface area contributed by atoms with Crippen molar-refractivity contribution in [3.8, 4) is 0 Å². The largest absolute Gasteiger partial charge is 0.464 e. The lowest BCUT2D eigenvalue weighted by molar-refractivity contribution is 0.0592. The monoisotopic (exact) mass is 369 g/mol. The molecule has 0 saturated carbocycles. The molecular formula is C18H13F2N5O2. The highest BCUT2D eigenvalue weighted by Crippen LogP contribution is 2.31. The standard InChI is InChI=1S/C18H13F2N5O2/c1-9(15-11(19)8-13-10(16(15)20)4-3-7-21-13)17-23-22-14-6-5-12(18(26)27-2)24-25(14)17/h3-9H,1-2H3. The van der Waals surface area contributed by atoms with Crippen molar-refractivity contribution in [1.29, 1.82) is 0 Å². The minimum Gasteiger partial charge on any atom is -0.464 e. The van der Waals surface area contributed by atoms with E-state index in [1.165, 1.54) is 42.1 Å². The van der Waals surface area contributed by atoms with Crippen LogP contribution in [-0.2, 0) is 4.74 Å². The molecular weight excluding hydrogens is 356 g/mol. The van der Waals surface area contributed by atoms with Crippen LogP contribution in [-0.4, -0.2) is 37.9 Å². The van der Waals surface area contributed by atoms with E-state index < -0.39 is 23.5 Å². The first-order valence-electron chi connectivity index (χ1n) is 8.04. The zero-order chi connectivity index (χ0) is 19.1. The van der Waals surface area contributed by atoms with E-state index in [0.717, 1.165) is 0 Å². The molecule has 0 aliphatic rings. The predicted octanol–water partition coefficient (Wildman–Crippen LogP) is 2.89. The summed E-state index contributed by atoms with van der Waals surface area (Å²) in [5, 5.41) is 12.3. The molecule has 3 aromatic heterocycles. The fourth-order valence-electron chi connectivity index (χ4n) is 2.98. The van der Waals surface area contributed by atoms with Crippen LogP contribution in [0.15, 0.2) is 36.5 Å². The number of benzene rings is 1. The number of hydrogen-bond acceptors (Lipinski definition) is 6. The maximum absolute atomic E-state index is 15.0. The highest BCUT2D eigenvalue weighted by molar-refractivity contribution is 5.87. The second-order valence-electron chi connectivity index (χ2n) is 5.92. The SMILES string of the molecule is COC(=O)c1ccc2nnc(C(C)c3c(F)cc4ncccc4c3F)n2n1. The molecule has 4 rings (SSSR count). The first-order chi connectivity index (χ1) is 13.0. The van der Waals surface area contributed by atoms with Crippen molar-refractivity contribution in [2.75, 3.05) is 7.11 Å². The Morgan fingerprint density at radius 1 is 1.22 bits per heavy atom. The van der Waals surface area contributed by atoms with Crippen molar-refractivity contribution in [3.63, 3.8) is 0 Å². The molecule has 0 radical (unpaired) electrons. The van der Waals surface area contributed by atoms with Gasteiger partial charge in [0, 0.05) is 29.1 Å². The van der Waals surface area contributed by atoms with Crippen LogP contribution in [0.25, 0.3) is 16.6 Å². The second-order valence-corrected chi connectivity index (χ2v) is 5.92. The van der Waals surface area contributed by atoms with Gasteiger partial charge in [0.15, 0.2) is 17.2 Å². The molecule has 27 heavy (non-hydrogen) atoms. The van der Waals surface area contributed by atoms with E-state index in [2.05, 4.69) is 25.0 Å². The van der Waals surface area contributed by atoms with E-state index in [0.29, 0.717) is 5.65 Å². The number of hydrogen-bond donors (Lipinski definition) is 0. The Morgan fingerprint density at radius 3 is 2.81 bits per heavy atom. The van der Waals surface area contributed by atoms with Gasteiger partial charge in [-0.2, -0.15) is 9.61 Å². The minimum absolute atomic E-state index is 0.0295. The van der Waals surface area contributed by atoms with Gasteiger partial charge in [-0.1, -0.05) is 6.92 Å². The summed E-state index contributed by atoms with van der Waals surface area (Å²) < 4.78 is 35.6. The van der Waals surface area contributed by atoms with Gasteiger partial charge in [0.05, 0.1) is 12.6 Å². The summed E-state index contributed by atoms with van der Waals surface area (Å²) in [6, 6.07) is 7.25. The molecule has 0 amide bonds. The predicted molar refractivity (Wildman–Crippen MR) is 91.3 cm³/mol. The van der Waals surface area contributed by atoms with Gasteiger partial charge in [-0.15, -0.1) is 10.2 Å². The summed E-state index contributed by atoms with van der Waals surface area (Å²) in [6.07, 6.45) is 1.47. The van der Waals surface area contributed by atoms with E-state index in [-0.39, 0.29) is 28.0 Å². The topological polar surface area (TPSA) is 82.3 Å². The third-order valence-electron chi connectivity index (χ3n) is 4.33.